The van der Waals surface area contributed by atoms with Crippen LogP contribution >= 0.6 is 11.3 Å². The Morgan fingerprint density at radius 3 is 3.11 bits per heavy atom. The van der Waals surface area contributed by atoms with Gasteiger partial charge in [0, 0.05) is 10.4 Å². The number of rotatable bonds is 1. The number of aromatic amines is 1. The molecule has 0 saturated carbocycles. The molecule has 0 radical (unpaired) electrons. The molecule has 3 N–H and O–H groups in total. The van der Waals surface area contributed by atoms with E-state index >= 15 is 0 Å². The van der Waals surface area contributed by atoms with E-state index in [4.69, 9.17) is 10.2 Å². The van der Waals surface area contributed by atoms with E-state index in [2.05, 4.69) is 4.98 Å². The van der Waals surface area contributed by atoms with E-state index in [0.717, 1.165) is 34.5 Å². The molecule has 0 amide bonds. The lowest BCUT2D eigenvalue weighted by molar-refractivity contribution is 0.555. The fraction of sp³-hybridized carbons (Fsp3) is 0.214. The largest absolute Gasteiger partial charge is 0.417 e. The highest BCUT2D eigenvalue weighted by atomic mass is 32.1. The molecular weight excluding hydrogens is 260 g/mol. The maximum absolute atomic E-state index is 11.2. The summed E-state index contributed by atoms with van der Waals surface area (Å²) in [6, 6.07) is 5.75. The van der Waals surface area contributed by atoms with E-state index in [1.54, 1.807) is 11.3 Å². The van der Waals surface area contributed by atoms with Crippen LogP contribution in [0.1, 0.15) is 16.9 Å². The molecule has 5 heteroatoms. The first-order valence-electron chi connectivity index (χ1n) is 6.25. The van der Waals surface area contributed by atoms with Gasteiger partial charge < -0.3 is 10.2 Å². The van der Waals surface area contributed by atoms with Crippen molar-refractivity contribution >= 4 is 27.4 Å². The number of nitrogen functional groups attached to an aromatic ring is 1. The van der Waals surface area contributed by atoms with Gasteiger partial charge in [0.25, 0.3) is 0 Å². The van der Waals surface area contributed by atoms with E-state index in [1.165, 1.54) is 16.9 Å². The van der Waals surface area contributed by atoms with E-state index in [1.807, 2.05) is 18.2 Å². The molecule has 4 nitrogen and oxygen atoms in total. The molecule has 2 aromatic heterocycles. The van der Waals surface area contributed by atoms with Crippen molar-refractivity contribution < 1.29 is 4.42 Å². The molecule has 0 saturated heterocycles. The highest BCUT2D eigenvalue weighted by Gasteiger charge is 2.22. The quantitative estimate of drug-likeness (QED) is 0.715. The fourth-order valence-corrected chi connectivity index (χ4v) is 4.03. The summed E-state index contributed by atoms with van der Waals surface area (Å²) < 4.78 is 5.12. The van der Waals surface area contributed by atoms with Crippen LogP contribution in [-0.4, -0.2) is 4.98 Å². The topological polar surface area (TPSA) is 72.0 Å². The summed E-state index contributed by atoms with van der Waals surface area (Å²) >= 11 is 1.69. The van der Waals surface area contributed by atoms with Gasteiger partial charge in [0.1, 0.15) is 0 Å². The molecule has 0 bridgehead atoms. The summed E-state index contributed by atoms with van der Waals surface area (Å²) in [5.74, 6) is -0.421. The molecule has 1 aromatic carbocycles. The number of benzene rings is 1. The van der Waals surface area contributed by atoms with Crippen molar-refractivity contribution in [2.24, 2.45) is 0 Å². The number of oxazole rings is 1. The Labute approximate surface area is 112 Å². The lowest BCUT2D eigenvalue weighted by Crippen LogP contribution is -1.92. The second kappa shape index (κ2) is 3.74. The zero-order valence-corrected chi connectivity index (χ0v) is 11.0. The first-order valence-corrected chi connectivity index (χ1v) is 7.07. The average molecular weight is 272 g/mol. The summed E-state index contributed by atoms with van der Waals surface area (Å²) in [6.45, 7) is 0. The van der Waals surface area contributed by atoms with Gasteiger partial charge >= 0.3 is 5.76 Å². The number of nitrogens with two attached hydrogens (primary N) is 1. The van der Waals surface area contributed by atoms with E-state index in [9.17, 15) is 4.79 Å². The van der Waals surface area contributed by atoms with Crippen molar-refractivity contribution in [1.82, 2.24) is 4.98 Å². The van der Waals surface area contributed by atoms with Gasteiger partial charge in [-0.2, -0.15) is 0 Å². The molecule has 2 heterocycles. The summed E-state index contributed by atoms with van der Waals surface area (Å²) in [7, 11) is 0. The van der Waals surface area contributed by atoms with Gasteiger partial charge in [0.05, 0.1) is 10.5 Å². The Morgan fingerprint density at radius 1 is 1.32 bits per heavy atom. The minimum Gasteiger partial charge on any atom is -0.408 e. The van der Waals surface area contributed by atoms with Crippen molar-refractivity contribution in [2.75, 3.05) is 5.73 Å². The first-order chi connectivity index (χ1) is 9.22. The third kappa shape index (κ3) is 1.55. The fourth-order valence-electron chi connectivity index (χ4n) is 2.84. The van der Waals surface area contributed by atoms with Crippen LogP contribution in [0.2, 0.25) is 0 Å². The van der Waals surface area contributed by atoms with Crippen LogP contribution in [0.4, 0.5) is 5.00 Å². The summed E-state index contributed by atoms with van der Waals surface area (Å²) in [5.41, 5.74) is 11.0. The zero-order valence-electron chi connectivity index (χ0n) is 10.2. The van der Waals surface area contributed by atoms with Crippen LogP contribution in [0.15, 0.2) is 27.4 Å². The number of thiophene rings is 1. The molecular formula is C14H12N2O2S. The number of aryl methyl sites for hydroxylation is 1. The van der Waals surface area contributed by atoms with Gasteiger partial charge in [-0.3, -0.25) is 4.98 Å². The summed E-state index contributed by atoms with van der Waals surface area (Å²) in [6.07, 6.45) is 3.43. The average Bonchev–Trinajstić information content (AvgIpc) is 3.00. The lowest BCUT2D eigenvalue weighted by Gasteiger charge is -2.03. The SMILES string of the molecule is Nc1sc2c(c1-c1ccc3[nH]c(=O)oc3c1)CCC2. The number of hydrogen-bond donors (Lipinski definition) is 2. The predicted octanol–water partition coefficient (Wildman–Crippen LogP) is 2.92. The van der Waals surface area contributed by atoms with Crippen LogP contribution in [0.25, 0.3) is 22.2 Å². The van der Waals surface area contributed by atoms with Crippen LogP contribution in [-0.2, 0) is 12.8 Å². The minimum atomic E-state index is -0.421. The van der Waals surface area contributed by atoms with Gasteiger partial charge in [-0.05, 0) is 42.5 Å². The monoisotopic (exact) mass is 272 g/mol. The van der Waals surface area contributed by atoms with Crippen LogP contribution in [0.5, 0.6) is 0 Å². The van der Waals surface area contributed by atoms with Crippen LogP contribution in [0.3, 0.4) is 0 Å². The molecule has 3 aromatic rings. The number of fused-ring (bicyclic) bond motifs is 2. The van der Waals surface area contributed by atoms with E-state index < -0.39 is 5.76 Å². The first kappa shape index (κ1) is 10.9. The zero-order chi connectivity index (χ0) is 13.0. The standard InChI is InChI=1S/C14H12N2O2S/c15-13-12(8-2-1-3-11(8)19-13)7-4-5-9-10(6-7)18-14(17)16-9/h4-6H,1-3,15H2,(H,16,17). The molecule has 1 aliphatic carbocycles. The summed E-state index contributed by atoms with van der Waals surface area (Å²) in [5, 5.41) is 0.863. The lowest BCUT2D eigenvalue weighted by atomic mass is 10.0. The molecule has 0 aliphatic heterocycles. The van der Waals surface area contributed by atoms with Gasteiger partial charge in [0.15, 0.2) is 5.58 Å². The van der Waals surface area contributed by atoms with Crippen molar-refractivity contribution in [2.45, 2.75) is 19.3 Å². The van der Waals surface area contributed by atoms with Crippen LogP contribution in [0, 0.1) is 0 Å². The Hall–Kier alpha value is -2.01. The van der Waals surface area contributed by atoms with Crippen molar-refractivity contribution in [1.29, 1.82) is 0 Å². The minimum absolute atomic E-state index is 0.421. The normalized spacial score (nSPS) is 14.1. The molecule has 19 heavy (non-hydrogen) atoms. The van der Waals surface area contributed by atoms with Gasteiger partial charge in [-0.1, -0.05) is 6.07 Å². The Balaban J connectivity index is 1.97. The highest BCUT2D eigenvalue weighted by molar-refractivity contribution is 7.16. The van der Waals surface area contributed by atoms with Gasteiger partial charge in [0.2, 0.25) is 0 Å². The molecule has 0 spiro atoms. The third-order valence-electron chi connectivity index (χ3n) is 3.66. The third-order valence-corrected chi connectivity index (χ3v) is 4.78. The molecule has 0 unspecified atom stereocenters. The predicted molar refractivity (Wildman–Crippen MR) is 76.6 cm³/mol. The Bertz CT molecular complexity index is 841. The van der Waals surface area contributed by atoms with Crippen LogP contribution < -0.4 is 11.5 Å². The van der Waals surface area contributed by atoms with Gasteiger partial charge in [-0.15, -0.1) is 11.3 Å². The second-order valence-corrected chi connectivity index (χ2v) is 5.96. The summed E-state index contributed by atoms with van der Waals surface area (Å²) in [4.78, 5) is 15.2. The molecule has 96 valence electrons. The number of hydrogen-bond acceptors (Lipinski definition) is 4. The van der Waals surface area contributed by atoms with E-state index in [-0.39, 0.29) is 0 Å². The highest BCUT2D eigenvalue weighted by Crippen LogP contribution is 2.43. The van der Waals surface area contributed by atoms with E-state index in [0.29, 0.717) is 5.58 Å². The maximum atomic E-state index is 11.2. The Morgan fingerprint density at radius 2 is 2.21 bits per heavy atom. The van der Waals surface area contributed by atoms with Crippen molar-refractivity contribution in [3.8, 4) is 11.1 Å². The van der Waals surface area contributed by atoms with Crippen molar-refractivity contribution in [3.63, 3.8) is 0 Å². The molecule has 0 fully saturated rings. The van der Waals surface area contributed by atoms with Gasteiger partial charge in [-0.25, -0.2) is 4.79 Å². The second-order valence-electron chi connectivity index (χ2n) is 4.82. The van der Waals surface area contributed by atoms with Crippen molar-refractivity contribution in [3.05, 3.63) is 39.2 Å². The molecule has 0 atom stereocenters. The number of aromatic nitrogens is 1. The molecule has 1 aliphatic rings. The number of nitrogens with one attached hydrogen (secondary N) is 1. The molecule has 4 rings (SSSR count). The maximum Gasteiger partial charge on any atom is 0.417 e. The number of H-pyrrole nitrogens is 1. The Kier molecular flexibility index (Phi) is 2.14. The number of anilines is 1. The smallest absolute Gasteiger partial charge is 0.408 e.